The quantitative estimate of drug-likeness (QED) is 0.335. The molecule has 0 spiro atoms. The monoisotopic (exact) mass is 569 g/mol. The fourth-order valence-corrected chi connectivity index (χ4v) is 4.75. The highest BCUT2D eigenvalue weighted by molar-refractivity contribution is 6.01. The molecule has 220 valence electrons. The number of carbonyl (C=O) groups excluding carboxylic acids is 3. The van der Waals surface area contributed by atoms with Crippen LogP contribution in [0.5, 0.6) is 0 Å². The van der Waals surface area contributed by atoms with Gasteiger partial charge < -0.3 is 15.5 Å². The highest BCUT2D eigenvalue weighted by Crippen LogP contribution is 2.28. The molecule has 9 heteroatoms. The van der Waals surface area contributed by atoms with Crippen LogP contribution in [0.15, 0.2) is 77.9 Å². The number of benzene rings is 2. The second-order valence-electron chi connectivity index (χ2n) is 10.6. The van der Waals surface area contributed by atoms with E-state index in [-0.39, 0.29) is 18.7 Å². The second-order valence-corrected chi connectivity index (χ2v) is 10.6. The lowest BCUT2D eigenvalue weighted by atomic mass is 9.99. The summed E-state index contributed by atoms with van der Waals surface area (Å²) in [5.41, 5.74) is 4.58. The molecule has 1 aliphatic rings. The van der Waals surface area contributed by atoms with Gasteiger partial charge in [0.2, 0.25) is 11.8 Å². The van der Waals surface area contributed by atoms with E-state index in [2.05, 4.69) is 11.4 Å². The Bertz CT molecular complexity index is 1270. The Balaban J connectivity index is 1.87. The van der Waals surface area contributed by atoms with Crippen LogP contribution in [-0.4, -0.2) is 42.5 Å². The minimum Gasteiger partial charge on any atom is -0.342 e. The molecule has 0 aliphatic carbocycles. The van der Waals surface area contributed by atoms with E-state index in [1.165, 1.54) is 5.57 Å². The van der Waals surface area contributed by atoms with Crippen LogP contribution in [0.1, 0.15) is 57.6 Å². The van der Waals surface area contributed by atoms with Crippen LogP contribution in [0.25, 0.3) is 0 Å². The van der Waals surface area contributed by atoms with Gasteiger partial charge in [0, 0.05) is 18.7 Å². The van der Waals surface area contributed by atoms with Crippen LogP contribution in [0.2, 0.25) is 0 Å². The Morgan fingerprint density at radius 2 is 1.61 bits per heavy atom. The van der Waals surface area contributed by atoms with Crippen molar-refractivity contribution in [2.45, 2.75) is 77.6 Å². The number of hydrogen-bond acceptors (Lipinski definition) is 3. The molecule has 0 fully saturated rings. The summed E-state index contributed by atoms with van der Waals surface area (Å²) in [7, 11) is 0. The molecule has 2 atom stereocenters. The number of aryl methyl sites for hydroxylation is 1. The van der Waals surface area contributed by atoms with E-state index in [4.69, 9.17) is 0 Å². The largest absolute Gasteiger partial charge is 0.471 e. The van der Waals surface area contributed by atoms with Crippen LogP contribution in [0.4, 0.5) is 18.9 Å². The van der Waals surface area contributed by atoms with Gasteiger partial charge in [-0.25, -0.2) is 0 Å². The minimum absolute atomic E-state index is 0.162. The van der Waals surface area contributed by atoms with Gasteiger partial charge in [0.25, 0.3) is 0 Å². The van der Waals surface area contributed by atoms with Crippen molar-refractivity contribution in [3.8, 4) is 0 Å². The second kappa shape index (κ2) is 14.7. The lowest BCUT2D eigenvalue weighted by Crippen LogP contribution is -2.56. The minimum atomic E-state index is -5.16. The first-order valence-corrected chi connectivity index (χ1v) is 13.9. The Labute approximate surface area is 239 Å². The van der Waals surface area contributed by atoms with Gasteiger partial charge in [0.1, 0.15) is 12.1 Å². The first-order chi connectivity index (χ1) is 19.5. The number of para-hydroxylation sites is 1. The number of anilines is 1. The summed E-state index contributed by atoms with van der Waals surface area (Å²) in [6.07, 6.45) is 2.01. The number of amides is 3. The van der Waals surface area contributed by atoms with E-state index < -0.39 is 30.1 Å². The van der Waals surface area contributed by atoms with Crippen molar-refractivity contribution < 1.29 is 27.6 Å². The lowest BCUT2D eigenvalue weighted by Gasteiger charge is -2.33. The molecule has 1 heterocycles. The van der Waals surface area contributed by atoms with E-state index in [9.17, 15) is 27.6 Å². The maximum absolute atomic E-state index is 13.9. The highest BCUT2D eigenvalue weighted by Gasteiger charge is 2.41. The molecule has 0 saturated carbocycles. The zero-order chi connectivity index (χ0) is 30.0. The summed E-state index contributed by atoms with van der Waals surface area (Å²) >= 11 is 0. The third kappa shape index (κ3) is 9.62. The molecule has 6 nitrogen and oxygen atoms in total. The number of fused-ring (bicyclic) bond motifs is 1. The van der Waals surface area contributed by atoms with Crippen molar-refractivity contribution in [3.63, 3.8) is 0 Å². The van der Waals surface area contributed by atoms with Crippen molar-refractivity contribution in [2.75, 3.05) is 11.4 Å². The van der Waals surface area contributed by atoms with Gasteiger partial charge in [-0.2, -0.15) is 13.2 Å². The van der Waals surface area contributed by atoms with Crippen LogP contribution in [0, 0.1) is 0 Å². The predicted octanol–water partition coefficient (Wildman–Crippen LogP) is 5.82. The smallest absolute Gasteiger partial charge is 0.342 e. The number of hydrogen-bond donors (Lipinski definition) is 2. The van der Waals surface area contributed by atoms with Crippen molar-refractivity contribution in [1.29, 1.82) is 0 Å². The van der Waals surface area contributed by atoms with Gasteiger partial charge in [0.05, 0.1) is 0 Å². The number of rotatable bonds is 11. The van der Waals surface area contributed by atoms with E-state index in [0.29, 0.717) is 12.1 Å². The predicted molar refractivity (Wildman–Crippen MR) is 154 cm³/mol. The van der Waals surface area contributed by atoms with Crippen LogP contribution in [-0.2, 0) is 27.2 Å². The van der Waals surface area contributed by atoms with Crippen molar-refractivity contribution in [3.05, 3.63) is 89.0 Å². The number of allylic oxidation sites excluding steroid dienone is 3. The third-order valence-corrected chi connectivity index (χ3v) is 6.95. The third-order valence-electron chi connectivity index (χ3n) is 6.95. The lowest BCUT2D eigenvalue weighted by molar-refractivity contribution is -0.174. The zero-order valence-electron chi connectivity index (χ0n) is 23.8. The van der Waals surface area contributed by atoms with E-state index in [1.807, 2.05) is 56.4 Å². The normalized spacial score (nSPS) is 14.9. The fourth-order valence-electron chi connectivity index (χ4n) is 4.75. The van der Waals surface area contributed by atoms with Gasteiger partial charge in [-0.1, -0.05) is 71.8 Å². The summed E-state index contributed by atoms with van der Waals surface area (Å²) in [5.74, 6) is -3.42. The van der Waals surface area contributed by atoms with E-state index >= 15 is 0 Å². The summed E-state index contributed by atoms with van der Waals surface area (Å²) in [6.45, 7) is 6.44. The van der Waals surface area contributed by atoms with E-state index in [1.54, 1.807) is 35.2 Å². The molecule has 2 aromatic rings. The zero-order valence-corrected chi connectivity index (χ0v) is 23.8. The molecule has 41 heavy (non-hydrogen) atoms. The maximum Gasteiger partial charge on any atom is 0.471 e. The molecule has 3 rings (SSSR count). The maximum atomic E-state index is 13.9. The number of alkyl halides is 3. The van der Waals surface area contributed by atoms with Crippen LogP contribution in [0.3, 0.4) is 0 Å². The van der Waals surface area contributed by atoms with Gasteiger partial charge in [-0.15, -0.1) is 0 Å². The molecule has 0 aromatic heterocycles. The molecule has 0 saturated heterocycles. The fraction of sp³-hybridized carbons (Fsp3) is 0.406. The van der Waals surface area contributed by atoms with Gasteiger partial charge in [0.15, 0.2) is 0 Å². The number of halogens is 3. The Morgan fingerprint density at radius 1 is 0.927 bits per heavy atom. The number of carbonyl (C=O) groups is 3. The molecule has 2 N–H and O–H groups in total. The summed E-state index contributed by atoms with van der Waals surface area (Å²) in [4.78, 5) is 40.8. The number of nitrogens with one attached hydrogen (secondary N) is 2. The molecule has 2 aromatic carbocycles. The van der Waals surface area contributed by atoms with Gasteiger partial charge in [-0.3, -0.25) is 14.4 Å². The topological polar surface area (TPSA) is 78.5 Å². The molecule has 1 aliphatic heterocycles. The van der Waals surface area contributed by atoms with Crippen LogP contribution >= 0.6 is 0 Å². The molecule has 0 bridgehead atoms. The molecule has 0 radical (unpaired) electrons. The Morgan fingerprint density at radius 3 is 2.29 bits per heavy atom. The first-order valence-electron chi connectivity index (χ1n) is 13.9. The average molecular weight is 570 g/mol. The summed E-state index contributed by atoms with van der Waals surface area (Å²) in [6, 6.07) is 13.4. The molecular formula is C32H38F3N3O3. The number of nitrogens with zero attached hydrogens (tertiary/aromatic N) is 1. The average Bonchev–Trinajstić information content (AvgIpc) is 2.94. The molecule has 3 amide bonds. The first kappa shape index (κ1) is 31.6. The standard InChI is InChI=1S/C32H38F3N3O3/c1-22(2)11-9-12-23(3)18-19-26(30(40)38-20-10-16-25-15-7-8-17-28(25)38)36-29(39)27(37-31(41)32(33,34)35)21-24-13-5-4-6-14-24/h4-8,11,13-15,17-18,26-27H,9-10,12,16,19-21H2,1-3H3,(H,36,39)(H,37,41)/b23-18+/t26-,27+/m1/s1. The van der Waals surface area contributed by atoms with Crippen molar-refractivity contribution in [1.82, 2.24) is 10.6 Å². The summed E-state index contributed by atoms with van der Waals surface area (Å²) in [5, 5.41) is 4.51. The van der Waals surface area contributed by atoms with Crippen LogP contribution < -0.4 is 15.5 Å². The molecule has 0 unspecified atom stereocenters. The molecular weight excluding hydrogens is 531 g/mol. The van der Waals surface area contributed by atoms with Crippen molar-refractivity contribution >= 4 is 23.4 Å². The van der Waals surface area contributed by atoms with E-state index in [0.717, 1.165) is 42.5 Å². The Hall–Kier alpha value is -3.88. The van der Waals surface area contributed by atoms with Crippen molar-refractivity contribution in [2.24, 2.45) is 0 Å². The SMILES string of the molecule is CC(C)=CCC/C(C)=C/C[C@@H](NC(=O)[C@H](Cc1ccccc1)NC(=O)C(F)(F)F)C(=O)N1CCCc2ccccc21. The highest BCUT2D eigenvalue weighted by atomic mass is 19.4. The van der Waals surface area contributed by atoms with Gasteiger partial charge >= 0.3 is 12.1 Å². The summed E-state index contributed by atoms with van der Waals surface area (Å²) < 4.78 is 39.4. The Kier molecular flexibility index (Phi) is 11.3. The van der Waals surface area contributed by atoms with Gasteiger partial charge in [-0.05, 0) is 70.1 Å².